The van der Waals surface area contributed by atoms with E-state index in [1.807, 2.05) is 43.3 Å². The Hall–Kier alpha value is -3.89. The minimum Gasteiger partial charge on any atom is -0.484 e. The van der Waals surface area contributed by atoms with E-state index in [-0.39, 0.29) is 18.1 Å². The van der Waals surface area contributed by atoms with Crippen LogP contribution in [-0.4, -0.2) is 18.4 Å². The largest absolute Gasteiger partial charge is 0.484 e. The van der Waals surface area contributed by atoms with Gasteiger partial charge in [-0.3, -0.25) is 9.59 Å². The predicted molar refractivity (Wildman–Crippen MR) is 128 cm³/mol. The van der Waals surface area contributed by atoms with Gasteiger partial charge in [-0.15, -0.1) is 0 Å². The van der Waals surface area contributed by atoms with Gasteiger partial charge in [0.1, 0.15) is 17.4 Å². The zero-order valence-electron chi connectivity index (χ0n) is 17.3. The van der Waals surface area contributed by atoms with Crippen molar-refractivity contribution in [1.82, 2.24) is 0 Å². The van der Waals surface area contributed by atoms with Gasteiger partial charge in [0.2, 0.25) is 0 Å². The molecule has 0 aliphatic rings. The Kier molecular flexibility index (Phi) is 7.79. The summed E-state index contributed by atoms with van der Waals surface area (Å²) in [4.78, 5) is 24.4. The van der Waals surface area contributed by atoms with Gasteiger partial charge in [0, 0.05) is 15.8 Å². The van der Waals surface area contributed by atoms with Crippen LogP contribution in [0, 0.1) is 18.3 Å². The van der Waals surface area contributed by atoms with Crippen LogP contribution in [0.15, 0.2) is 82.8 Å². The highest BCUT2D eigenvalue weighted by Gasteiger charge is 2.10. The third-order valence-corrected chi connectivity index (χ3v) is 4.86. The molecule has 0 heterocycles. The predicted octanol–water partition coefficient (Wildman–Crippen LogP) is 5.32. The molecule has 160 valence electrons. The number of carbonyl (C=O) groups excluding carboxylic acids is 2. The van der Waals surface area contributed by atoms with E-state index in [4.69, 9.17) is 4.74 Å². The summed E-state index contributed by atoms with van der Waals surface area (Å²) in [5.74, 6) is -0.269. The van der Waals surface area contributed by atoms with Crippen molar-refractivity contribution < 1.29 is 14.3 Å². The number of anilines is 2. The highest BCUT2D eigenvalue weighted by atomic mass is 79.9. The van der Waals surface area contributed by atoms with Gasteiger partial charge >= 0.3 is 0 Å². The molecule has 0 saturated heterocycles. The Morgan fingerprint density at radius 1 is 1.00 bits per heavy atom. The topological polar surface area (TPSA) is 91.2 Å². The Morgan fingerprint density at radius 3 is 2.38 bits per heavy atom. The Balaban J connectivity index is 1.57. The summed E-state index contributed by atoms with van der Waals surface area (Å²) >= 11 is 3.34. The Labute approximate surface area is 194 Å². The summed E-state index contributed by atoms with van der Waals surface area (Å²) in [7, 11) is 0. The van der Waals surface area contributed by atoms with Crippen molar-refractivity contribution in [1.29, 1.82) is 5.26 Å². The first-order valence-electron chi connectivity index (χ1n) is 9.71. The number of aryl methyl sites for hydroxylation is 1. The molecule has 32 heavy (non-hydrogen) atoms. The molecule has 0 aromatic heterocycles. The zero-order valence-corrected chi connectivity index (χ0v) is 18.8. The summed E-state index contributed by atoms with van der Waals surface area (Å²) in [6.07, 6.45) is 1.50. The molecule has 3 aromatic carbocycles. The van der Waals surface area contributed by atoms with Crippen LogP contribution in [0.5, 0.6) is 5.75 Å². The number of benzene rings is 3. The number of nitrogens with zero attached hydrogens (tertiary/aromatic N) is 1. The van der Waals surface area contributed by atoms with E-state index in [2.05, 4.69) is 26.6 Å². The molecule has 0 unspecified atom stereocenters. The first-order valence-corrected chi connectivity index (χ1v) is 10.5. The van der Waals surface area contributed by atoms with E-state index in [0.29, 0.717) is 22.7 Å². The zero-order chi connectivity index (χ0) is 22.9. The maximum atomic E-state index is 12.4. The molecule has 3 aromatic rings. The lowest BCUT2D eigenvalue weighted by Gasteiger charge is -2.08. The van der Waals surface area contributed by atoms with Crippen LogP contribution >= 0.6 is 15.9 Å². The molecule has 0 fully saturated rings. The normalized spacial score (nSPS) is 10.7. The van der Waals surface area contributed by atoms with Crippen LogP contribution in [0.25, 0.3) is 6.08 Å². The average molecular weight is 490 g/mol. The number of carbonyl (C=O) groups is 2. The fourth-order valence-corrected chi connectivity index (χ4v) is 3.04. The van der Waals surface area contributed by atoms with Gasteiger partial charge in [-0.25, -0.2) is 0 Å². The van der Waals surface area contributed by atoms with Gasteiger partial charge in [0.25, 0.3) is 11.8 Å². The molecule has 7 heteroatoms. The minimum atomic E-state index is -0.483. The third kappa shape index (κ3) is 6.83. The highest BCUT2D eigenvalue weighted by Crippen LogP contribution is 2.17. The monoisotopic (exact) mass is 489 g/mol. The Bertz CT molecular complexity index is 1180. The van der Waals surface area contributed by atoms with E-state index < -0.39 is 5.91 Å². The molecule has 0 spiro atoms. The third-order valence-electron chi connectivity index (χ3n) is 4.33. The number of hydrogen-bond acceptors (Lipinski definition) is 4. The van der Waals surface area contributed by atoms with Crippen molar-refractivity contribution in [2.45, 2.75) is 6.92 Å². The van der Waals surface area contributed by atoms with Gasteiger partial charge in [0.05, 0.1) is 0 Å². The standard InChI is InChI=1S/C25H20BrN3O3/c1-17-3-2-4-22(13-17)29-25(31)19(15-27)14-18-5-11-23(12-6-18)32-16-24(30)28-21-9-7-20(26)8-10-21/h2-14H,16H2,1H3,(H,28,30)(H,29,31)/b19-14+. The van der Waals surface area contributed by atoms with Crippen molar-refractivity contribution in [3.63, 3.8) is 0 Å². The molecule has 2 N–H and O–H groups in total. The molecular formula is C25H20BrN3O3. The van der Waals surface area contributed by atoms with Crippen LogP contribution in [0.2, 0.25) is 0 Å². The molecule has 6 nitrogen and oxygen atoms in total. The van der Waals surface area contributed by atoms with E-state index >= 15 is 0 Å². The maximum Gasteiger partial charge on any atom is 0.266 e. The van der Waals surface area contributed by atoms with E-state index in [1.165, 1.54) is 6.08 Å². The summed E-state index contributed by atoms with van der Waals surface area (Å²) < 4.78 is 6.43. The average Bonchev–Trinajstić information content (AvgIpc) is 2.78. The van der Waals surface area contributed by atoms with E-state index in [1.54, 1.807) is 42.5 Å². The van der Waals surface area contributed by atoms with Crippen molar-refractivity contribution in [3.8, 4) is 11.8 Å². The van der Waals surface area contributed by atoms with Crippen LogP contribution in [0.4, 0.5) is 11.4 Å². The van der Waals surface area contributed by atoms with Gasteiger partial charge in [-0.05, 0) is 72.7 Å². The first kappa shape index (κ1) is 22.8. The van der Waals surface area contributed by atoms with Crippen molar-refractivity contribution in [3.05, 3.63) is 94.0 Å². The molecule has 0 aliphatic heterocycles. The number of amides is 2. The minimum absolute atomic E-state index is 0.0194. The number of halogens is 1. The molecule has 0 atom stereocenters. The quantitative estimate of drug-likeness (QED) is 0.347. The number of nitrogens with one attached hydrogen (secondary N) is 2. The number of hydrogen-bond donors (Lipinski definition) is 2. The molecule has 0 bridgehead atoms. The number of nitriles is 1. The highest BCUT2D eigenvalue weighted by molar-refractivity contribution is 9.10. The first-order chi connectivity index (χ1) is 15.4. The van der Waals surface area contributed by atoms with Crippen LogP contribution in [-0.2, 0) is 9.59 Å². The van der Waals surface area contributed by atoms with Crippen molar-refractivity contribution in [2.75, 3.05) is 17.2 Å². The second kappa shape index (κ2) is 10.9. The Morgan fingerprint density at radius 2 is 1.72 bits per heavy atom. The lowest BCUT2D eigenvalue weighted by molar-refractivity contribution is -0.118. The lowest BCUT2D eigenvalue weighted by atomic mass is 10.1. The SMILES string of the molecule is Cc1cccc(NC(=O)/C(C#N)=C/c2ccc(OCC(=O)Nc3ccc(Br)cc3)cc2)c1. The molecule has 2 amide bonds. The second-order valence-corrected chi connectivity index (χ2v) is 7.82. The number of ether oxygens (including phenoxy) is 1. The fourth-order valence-electron chi connectivity index (χ4n) is 2.78. The van der Waals surface area contributed by atoms with Crippen LogP contribution in [0.1, 0.15) is 11.1 Å². The van der Waals surface area contributed by atoms with Crippen LogP contribution < -0.4 is 15.4 Å². The summed E-state index contributed by atoms with van der Waals surface area (Å²) in [5.41, 5.74) is 2.95. The van der Waals surface area contributed by atoms with Crippen molar-refractivity contribution in [2.24, 2.45) is 0 Å². The fraction of sp³-hybridized carbons (Fsp3) is 0.0800. The van der Waals surface area contributed by atoms with Gasteiger partial charge < -0.3 is 15.4 Å². The van der Waals surface area contributed by atoms with Gasteiger partial charge in [0.15, 0.2) is 6.61 Å². The summed E-state index contributed by atoms with van der Waals surface area (Å²) in [5, 5.41) is 14.8. The van der Waals surface area contributed by atoms with Crippen molar-refractivity contribution >= 4 is 45.2 Å². The molecule has 3 rings (SSSR count). The smallest absolute Gasteiger partial charge is 0.266 e. The van der Waals surface area contributed by atoms with Gasteiger partial charge in [-0.1, -0.05) is 40.2 Å². The van der Waals surface area contributed by atoms with E-state index in [9.17, 15) is 14.9 Å². The molecule has 0 aliphatic carbocycles. The molecule has 0 saturated carbocycles. The summed E-state index contributed by atoms with van der Waals surface area (Å²) in [6.45, 7) is 1.78. The lowest BCUT2D eigenvalue weighted by Crippen LogP contribution is -2.20. The second-order valence-electron chi connectivity index (χ2n) is 6.91. The number of rotatable bonds is 7. The summed E-state index contributed by atoms with van der Waals surface area (Å²) in [6, 6.07) is 23.3. The van der Waals surface area contributed by atoms with Gasteiger partial charge in [-0.2, -0.15) is 5.26 Å². The van der Waals surface area contributed by atoms with Crippen LogP contribution in [0.3, 0.4) is 0 Å². The molecular weight excluding hydrogens is 470 g/mol. The molecule has 0 radical (unpaired) electrons. The maximum absolute atomic E-state index is 12.4. The van der Waals surface area contributed by atoms with E-state index in [0.717, 1.165) is 10.0 Å².